The summed E-state index contributed by atoms with van der Waals surface area (Å²) in [5.74, 6) is -5.78. The van der Waals surface area contributed by atoms with E-state index in [0.29, 0.717) is 46.4 Å². The fraction of sp³-hybridized carbons (Fsp3) is 0.583. The van der Waals surface area contributed by atoms with Crippen molar-refractivity contribution < 1.29 is 112 Å². The summed E-state index contributed by atoms with van der Waals surface area (Å²) in [6.45, 7) is 9.90. The molecule has 0 amide bonds. The molecule has 16 nitrogen and oxygen atoms in total. The molecule has 356 valence electrons. The summed E-state index contributed by atoms with van der Waals surface area (Å²) in [6.07, 6.45) is 15.4. The number of unbranched alkanes of at least 4 members (excludes halogenated alkanes) is 6. The fourth-order valence-electron chi connectivity index (χ4n) is 6.25. The molecule has 0 saturated heterocycles. The number of aryl methyl sites for hydroxylation is 1. The molecule has 67 heavy (non-hydrogen) atoms. The Morgan fingerprint density at radius 2 is 1.19 bits per heavy atom. The predicted molar refractivity (Wildman–Crippen MR) is 242 cm³/mol. The van der Waals surface area contributed by atoms with Crippen molar-refractivity contribution in [3.63, 3.8) is 0 Å². The Balaban J connectivity index is 0.0000218. The van der Waals surface area contributed by atoms with Gasteiger partial charge in [0.05, 0.1) is 63.7 Å². The first kappa shape index (κ1) is 63.5. The van der Waals surface area contributed by atoms with E-state index in [1.807, 2.05) is 36.1 Å². The van der Waals surface area contributed by atoms with Gasteiger partial charge in [-0.05, 0) is 81.7 Å². The molecule has 0 aliphatic rings. The zero-order valence-corrected chi connectivity index (χ0v) is 45.2. The van der Waals surface area contributed by atoms with Gasteiger partial charge in [-0.1, -0.05) is 63.8 Å². The van der Waals surface area contributed by atoms with E-state index in [0.717, 1.165) is 74.0 Å². The number of rotatable bonds is 36. The van der Waals surface area contributed by atoms with Gasteiger partial charge >= 0.3 is 71.1 Å². The Morgan fingerprint density at radius 3 is 1.64 bits per heavy atom. The number of carbonyl (C=O) groups excluding carboxylic acids is 4. The molecule has 1 heterocycles. The second-order valence-corrected chi connectivity index (χ2v) is 16.2. The van der Waals surface area contributed by atoms with Crippen LogP contribution in [0.5, 0.6) is 0 Å². The number of thiophene rings is 1. The number of hydrogen-bond acceptors (Lipinski definition) is 17. The third kappa shape index (κ3) is 27.4. The number of nitriles is 2. The van der Waals surface area contributed by atoms with Gasteiger partial charge in [-0.15, -0.1) is 21.6 Å². The third-order valence-corrected chi connectivity index (χ3v) is 11.2. The molecule has 2 atom stereocenters. The minimum absolute atomic E-state index is 0. The molecule has 0 fully saturated rings. The van der Waals surface area contributed by atoms with Gasteiger partial charge in [-0.25, -0.2) is 0 Å². The smallest absolute Gasteiger partial charge is 0.550 e. The molecule has 0 bridgehead atoms. The van der Waals surface area contributed by atoms with Gasteiger partial charge in [0.1, 0.15) is 30.2 Å². The van der Waals surface area contributed by atoms with Gasteiger partial charge in [0.2, 0.25) is 0 Å². The van der Waals surface area contributed by atoms with E-state index in [9.17, 15) is 39.9 Å². The summed E-state index contributed by atoms with van der Waals surface area (Å²) in [4.78, 5) is 50.2. The number of benzene rings is 1. The molecule has 0 spiro atoms. The van der Waals surface area contributed by atoms with E-state index in [2.05, 4.69) is 36.2 Å². The normalized spacial score (nSPS) is 12.0. The van der Waals surface area contributed by atoms with Crippen LogP contribution in [0.3, 0.4) is 0 Å². The van der Waals surface area contributed by atoms with Crippen molar-refractivity contribution in [3.05, 3.63) is 64.1 Å². The van der Waals surface area contributed by atoms with Gasteiger partial charge in [0.25, 0.3) is 0 Å². The van der Waals surface area contributed by atoms with E-state index >= 15 is 0 Å². The van der Waals surface area contributed by atoms with E-state index < -0.39 is 35.7 Å². The van der Waals surface area contributed by atoms with Crippen LogP contribution in [0.1, 0.15) is 112 Å². The Kier molecular flexibility index (Phi) is 37.4. The second kappa shape index (κ2) is 39.4. The first-order valence-corrected chi connectivity index (χ1v) is 23.2. The number of anilines is 1. The van der Waals surface area contributed by atoms with E-state index in [1.54, 1.807) is 25.1 Å². The molecule has 0 aliphatic heterocycles. The van der Waals surface area contributed by atoms with Crippen LogP contribution in [0.2, 0.25) is 0 Å². The summed E-state index contributed by atoms with van der Waals surface area (Å²) in [5, 5.41) is 51.1. The summed E-state index contributed by atoms with van der Waals surface area (Å²) in [6, 6.07) is 9.78. The number of hydrogen-bond donors (Lipinski definition) is 0. The van der Waals surface area contributed by atoms with Crippen LogP contribution < -0.4 is 74.2 Å². The monoisotopic (exact) mass is 965 g/mol. The van der Waals surface area contributed by atoms with E-state index in [-0.39, 0.29) is 131 Å². The largest absolute Gasteiger partial charge is 1.00 e. The maximum Gasteiger partial charge on any atom is 1.00 e. The van der Waals surface area contributed by atoms with Gasteiger partial charge in [0.15, 0.2) is 5.00 Å². The first-order valence-electron chi connectivity index (χ1n) is 22.4. The third-order valence-electron chi connectivity index (χ3n) is 10.1. The van der Waals surface area contributed by atoms with Crippen molar-refractivity contribution in [2.45, 2.75) is 105 Å². The topological polar surface area (TPSA) is 236 Å². The van der Waals surface area contributed by atoms with Crippen LogP contribution in [-0.2, 0) is 42.9 Å². The number of ether oxygens (including phenoxy) is 5. The van der Waals surface area contributed by atoms with Crippen LogP contribution in [-0.4, -0.2) is 89.8 Å². The Hall–Kier alpha value is -3.46. The molecular weight excluding hydrogens is 901 g/mol. The molecule has 0 radical (unpaired) electrons. The molecule has 0 aliphatic carbocycles. The molecule has 2 rings (SSSR count). The van der Waals surface area contributed by atoms with Crippen LogP contribution in [0.4, 0.5) is 16.4 Å². The standard InChI is InChI=1S/C48H67N5O11S.2Na/c1-5-7-9-11-13-15-17-38(47(56)57)32-44(54)63-29-27-61-24-22-53(40-19-20-42(36(3)31-40)51-52-46-41(34-49)37(4)43(35-50)65-46)21-23-60-25-26-62-28-30-64-45(55)33-39(48(58)59)18-16-14-12-10-8-6-2;;/h13-16,19-20,31,38-39H,5-12,17-18,21-30,32-33H2,1-4H3,(H,56,57)(H,58,59);;/q;2*+1/p-2/b15-13+,16-14+,52-51?;;. The maximum atomic E-state index is 12.4. The Morgan fingerprint density at radius 1 is 0.701 bits per heavy atom. The van der Waals surface area contributed by atoms with Crippen molar-refractivity contribution in [1.29, 1.82) is 10.5 Å². The quantitative estimate of drug-likeness (QED) is 0.0305. The number of allylic oxidation sites excluding steroid dienone is 4. The Labute approximate surface area is 444 Å². The zero-order valence-electron chi connectivity index (χ0n) is 40.4. The molecular formula is C48H65N5Na2O11S. The van der Waals surface area contributed by atoms with Gasteiger partial charge in [-0.2, -0.15) is 10.5 Å². The van der Waals surface area contributed by atoms with Crippen molar-refractivity contribution in [1.82, 2.24) is 0 Å². The number of aliphatic carboxylic acids is 2. The summed E-state index contributed by atoms with van der Waals surface area (Å²) in [5.41, 5.74) is 3.11. The van der Waals surface area contributed by atoms with Crippen molar-refractivity contribution in [3.8, 4) is 12.1 Å². The second-order valence-electron chi connectivity index (χ2n) is 15.2. The van der Waals surface area contributed by atoms with Gasteiger partial charge < -0.3 is 48.4 Å². The maximum absolute atomic E-state index is 12.4. The van der Waals surface area contributed by atoms with Gasteiger partial charge in [0, 0.05) is 42.6 Å². The van der Waals surface area contributed by atoms with Crippen molar-refractivity contribution in [2.75, 3.05) is 70.8 Å². The Bertz CT molecular complexity index is 1950. The molecule has 2 aromatic rings. The average Bonchev–Trinajstić information content (AvgIpc) is 3.60. The fourth-order valence-corrected chi connectivity index (χ4v) is 7.13. The first-order chi connectivity index (χ1) is 31.4. The summed E-state index contributed by atoms with van der Waals surface area (Å²) in [7, 11) is 0. The predicted octanol–water partition coefficient (Wildman–Crippen LogP) is 1.04. The zero-order chi connectivity index (χ0) is 47.7. The number of carboxylic acids is 2. The van der Waals surface area contributed by atoms with Crippen LogP contribution in [0.15, 0.2) is 52.7 Å². The van der Waals surface area contributed by atoms with Crippen LogP contribution in [0.25, 0.3) is 0 Å². The molecule has 0 N–H and O–H groups in total. The minimum Gasteiger partial charge on any atom is -0.550 e. The van der Waals surface area contributed by atoms with Crippen LogP contribution >= 0.6 is 11.3 Å². The number of esters is 2. The minimum atomic E-state index is -1.29. The summed E-state index contributed by atoms with van der Waals surface area (Å²) < 4.78 is 27.6. The molecule has 19 heteroatoms. The van der Waals surface area contributed by atoms with Gasteiger partial charge in [-0.3, -0.25) is 9.59 Å². The number of nitrogens with zero attached hydrogens (tertiary/aromatic N) is 5. The SMILES string of the molecule is CCCCC/C=C/CC(CC(=O)OCCOCCOCCN(CCOCCOC(=O)CC(C/C=C/CCCCC)C(=O)[O-])c1ccc(N=Nc2sc(C#N)c(C)c2C#N)c(C)c1)C(=O)[O-].[Na+].[Na+]. The molecule has 0 saturated carbocycles. The molecule has 1 aromatic heterocycles. The number of carbonyl (C=O) groups is 4. The van der Waals surface area contributed by atoms with E-state index in [4.69, 9.17) is 23.7 Å². The molecule has 2 unspecified atom stereocenters. The molecule has 1 aromatic carbocycles. The average molecular weight is 966 g/mol. The van der Waals surface area contributed by atoms with Crippen LogP contribution in [0, 0.1) is 48.3 Å². The van der Waals surface area contributed by atoms with Crippen molar-refractivity contribution >= 4 is 51.6 Å². The van der Waals surface area contributed by atoms with Crippen molar-refractivity contribution in [2.24, 2.45) is 22.1 Å². The van der Waals surface area contributed by atoms with E-state index in [1.165, 1.54) is 0 Å². The summed E-state index contributed by atoms with van der Waals surface area (Å²) >= 11 is 1.11. The number of azo groups is 1. The number of carboxylic acid groups (broad SMARTS) is 2.